The van der Waals surface area contributed by atoms with E-state index in [0.717, 1.165) is 19.4 Å². The van der Waals surface area contributed by atoms with Crippen molar-refractivity contribution in [3.8, 4) is 5.88 Å². The second kappa shape index (κ2) is 6.36. The van der Waals surface area contributed by atoms with Gasteiger partial charge >= 0.3 is 5.69 Å². The number of hydrogen-bond acceptors (Lipinski definition) is 5. The lowest BCUT2D eigenvalue weighted by atomic mass is 10.1. The zero-order valence-corrected chi connectivity index (χ0v) is 9.98. The lowest BCUT2D eigenvalue weighted by molar-refractivity contribution is -0.386. The third kappa shape index (κ3) is 3.54. The molecule has 0 saturated carbocycles. The Hall–Kier alpha value is -1.40. The van der Waals surface area contributed by atoms with Crippen LogP contribution in [0.5, 0.6) is 5.88 Å². The first kappa shape index (κ1) is 13.7. The Balaban J connectivity index is 0.00000144. The first-order valence-corrected chi connectivity index (χ1v) is 5.24. The molecule has 0 radical (unpaired) electrons. The molecule has 1 aliphatic heterocycles. The van der Waals surface area contributed by atoms with E-state index in [1.165, 1.54) is 18.3 Å². The lowest BCUT2D eigenvalue weighted by Gasteiger charge is -2.22. The van der Waals surface area contributed by atoms with Gasteiger partial charge in [-0.3, -0.25) is 10.1 Å². The van der Waals surface area contributed by atoms with Crippen LogP contribution in [0.1, 0.15) is 12.8 Å². The molecule has 1 aromatic heterocycles. The fourth-order valence-electron chi connectivity index (χ4n) is 1.69. The second-order valence-electron chi connectivity index (χ2n) is 3.67. The molecule has 1 aliphatic rings. The topological polar surface area (TPSA) is 77.3 Å². The molecule has 1 aromatic rings. The molecule has 0 amide bonds. The number of hydrogen-bond donors (Lipinski definition) is 1. The normalized spacial score (nSPS) is 19.2. The van der Waals surface area contributed by atoms with Gasteiger partial charge in [-0.15, -0.1) is 12.4 Å². The molecular formula is C10H14ClN3O3. The highest BCUT2D eigenvalue weighted by molar-refractivity contribution is 5.85. The maximum atomic E-state index is 10.7. The van der Waals surface area contributed by atoms with Gasteiger partial charge in [-0.1, -0.05) is 0 Å². The van der Waals surface area contributed by atoms with Crippen LogP contribution in [0, 0.1) is 10.1 Å². The van der Waals surface area contributed by atoms with Crippen molar-refractivity contribution < 1.29 is 9.66 Å². The van der Waals surface area contributed by atoms with Crippen molar-refractivity contribution in [3.63, 3.8) is 0 Å². The number of nitro groups is 1. The molecule has 2 rings (SSSR count). The third-order valence-electron chi connectivity index (χ3n) is 2.48. The molecule has 1 saturated heterocycles. The van der Waals surface area contributed by atoms with Gasteiger partial charge < -0.3 is 10.1 Å². The number of pyridine rings is 1. The van der Waals surface area contributed by atoms with Crippen LogP contribution in [0.3, 0.4) is 0 Å². The van der Waals surface area contributed by atoms with Crippen LogP contribution >= 0.6 is 12.4 Å². The van der Waals surface area contributed by atoms with Gasteiger partial charge in [0.15, 0.2) is 0 Å². The molecule has 0 aromatic carbocycles. The van der Waals surface area contributed by atoms with Gasteiger partial charge in [0.1, 0.15) is 6.10 Å². The number of rotatable bonds is 3. The first-order chi connectivity index (χ1) is 7.77. The van der Waals surface area contributed by atoms with Crippen LogP contribution in [-0.2, 0) is 0 Å². The summed E-state index contributed by atoms with van der Waals surface area (Å²) in [6, 6.07) is 2.93. The van der Waals surface area contributed by atoms with Crippen molar-refractivity contribution in [1.29, 1.82) is 0 Å². The molecule has 94 valence electrons. The molecule has 0 spiro atoms. The number of halogens is 1. The van der Waals surface area contributed by atoms with E-state index < -0.39 is 4.92 Å². The van der Waals surface area contributed by atoms with E-state index in [4.69, 9.17) is 4.74 Å². The Morgan fingerprint density at radius 1 is 1.59 bits per heavy atom. The predicted octanol–water partition coefficient (Wildman–Crippen LogP) is 1.54. The summed E-state index contributed by atoms with van der Waals surface area (Å²) in [6.07, 6.45) is 3.40. The van der Waals surface area contributed by atoms with E-state index in [9.17, 15) is 10.1 Å². The minimum absolute atomic E-state index is 0. The highest BCUT2D eigenvalue weighted by Gasteiger charge is 2.21. The molecule has 0 bridgehead atoms. The number of ether oxygens (including phenoxy) is 1. The van der Waals surface area contributed by atoms with E-state index in [-0.39, 0.29) is 30.1 Å². The Morgan fingerprint density at radius 3 is 3.06 bits per heavy atom. The minimum Gasteiger partial charge on any atom is -0.468 e. The fraction of sp³-hybridized carbons (Fsp3) is 0.500. The summed E-state index contributed by atoms with van der Waals surface area (Å²) >= 11 is 0. The molecule has 0 aliphatic carbocycles. The van der Waals surface area contributed by atoms with Gasteiger partial charge in [-0.05, 0) is 25.5 Å². The van der Waals surface area contributed by atoms with E-state index >= 15 is 0 Å². The summed E-state index contributed by atoms with van der Waals surface area (Å²) in [5.74, 6) is 0.112. The predicted molar refractivity (Wildman–Crippen MR) is 64.7 cm³/mol. The van der Waals surface area contributed by atoms with Crippen molar-refractivity contribution in [2.45, 2.75) is 18.9 Å². The van der Waals surface area contributed by atoms with E-state index in [2.05, 4.69) is 10.3 Å². The van der Waals surface area contributed by atoms with Crippen LogP contribution in [0.4, 0.5) is 5.69 Å². The van der Waals surface area contributed by atoms with Crippen molar-refractivity contribution in [1.82, 2.24) is 10.3 Å². The molecule has 7 heteroatoms. The third-order valence-corrected chi connectivity index (χ3v) is 2.48. The summed E-state index contributed by atoms with van der Waals surface area (Å²) in [4.78, 5) is 14.2. The Labute approximate surface area is 105 Å². The van der Waals surface area contributed by atoms with Gasteiger partial charge in [-0.2, -0.15) is 0 Å². The monoisotopic (exact) mass is 259 g/mol. The summed E-state index contributed by atoms with van der Waals surface area (Å²) in [5.41, 5.74) is -0.0759. The standard InChI is InChI=1S/C10H13N3O3.ClH/c14-13(15)9-4-2-6-12-10(9)16-8-3-1-5-11-7-8;/h2,4,6,8,11H,1,3,5,7H2;1H. The summed E-state index contributed by atoms with van der Waals surface area (Å²) in [5, 5.41) is 13.9. The highest BCUT2D eigenvalue weighted by Crippen LogP contribution is 2.24. The lowest BCUT2D eigenvalue weighted by Crippen LogP contribution is -2.37. The van der Waals surface area contributed by atoms with Gasteiger partial charge in [0, 0.05) is 18.8 Å². The molecule has 1 fully saturated rings. The molecule has 1 atom stereocenters. The smallest absolute Gasteiger partial charge is 0.330 e. The zero-order valence-electron chi connectivity index (χ0n) is 9.17. The minimum atomic E-state index is -0.474. The fourth-order valence-corrected chi connectivity index (χ4v) is 1.69. The Morgan fingerprint density at radius 2 is 2.41 bits per heavy atom. The van der Waals surface area contributed by atoms with Crippen molar-refractivity contribution >= 4 is 18.1 Å². The first-order valence-electron chi connectivity index (χ1n) is 5.24. The van der Waals surface area contributed by atoms with Crippen LogP contribution in [0.2, 0.25) is 0 Å². The quantitative estimate of drug-likeness (QED) is 0.658. The molecule has 2 heterocycles. The molecule has 17 heavy (non-hydrogen) atoms. The SMILES string of the molecule is Cl.O=[N+]([O-])c1cccnc1OC1CCCNC1. The highest BCUT2D eigenvalue weighted by atomic mass is 35.5. The maximum absolute atomic E-state index is 10.7. The molecular weight excluding hydrogens is 246 g/mol. The molecule has 6 nitrogen and oxygen atoms in total. The average Bonchev–Trinajstić information content (AvgIpc) is 2.31. The van der Waals surface area contributed by atoms with Gasteiger partial charge in [0.05, 0.1) is 4.92 Å². The van der Waals surface area contributed by atoms with Crippen LogP contribution in [0.25, 0.3) is 0 Å². The van der Waals surface area contributed by atoms with E-state index in [0.29, 0.717) is 6.54 Å². The summed E-state index contributed by atoms with van der Waals surface area (Å²) < 4.78 is 5.53. The van der Waals surface area contributed by atoms with Crippen LogP contribution < -0.4 is 10.1 Å². The van der Waals surface area contributed by atoms with Crippen LogP contribution in [0.15, 0.2) is 18.3 Å². The van der Waals surface area contributed by atoms with E-state index in [1.54, 1.807) is 0 Å². The van der Waals surface area contributed by atoms with Crippen molar-refractivity contribution in [3.05, 3.63) is 28.4 Å². The van der Waals surface area contributed by atoms with Crippen molar-refractivity contribution in [2.24, 2.45) is 0 Å². The Bertz CT molecular complexity index is 383. The van der Waals surface area contributed by atoms with Gasteiger partial charge in [0.2, 0.25) is 0 Å². The number of nitrogens with zero attached hydrogens (tertiary/aromatic N) is 2. The van der Waals surface area contributed by atoms with Crippen molar-refractivity contribution in [2.75, 3.05) is 13.1 Å². The Kier molecular flexibility index (Phi) is 5.11. The van der Waals surface area contributed by atoms with E-state index in [1.807, 2.05) is 0 Å². The largest absolute Gasteiger partial charge is 0.468 e. The van der Waals surface area contributed by atoms with Gasteiger partial charge in [-0.25, -0.2) is 4.98 Å². The average molecular weight is 260 g/mol. The summed E-state index contributed by atoms with van der Waals surface area (Å²) in [6.45, 7) is 1.69. The van der Waals surface area contributed by atoms with Crippen LogP contribution in [-0.4, -0.2) is 29.1 Å². The number of piperidine rings is 1. The zero-order chi connectivity index (χ0) is 11.4. The maximum Gasteiger partial charge on any atom is 0.330 e. The van der Waals surface area contributed by atoms with Gasteiger partial charge in [0.25, 0.3) is 5.88 Å². The summed E-state index contributed by atoms with van der Waals surface area (Å²) in [7, 11) is 0. The number of aromatic nitrogens is 1. The molecule has 1 N–H and O–H groups in total. The molecule has 1 unspecified atom stereocenters. The number of nitrogens with one attached hydrogen (secondary N) is 1. The second-order valence-corrected chi connectivity index (χ2v) is 3.67.